The van der Waals surface area contributed by atoms with Gasteiger partial charge in [-0.25, -0.2) is 14.6 Å². The van der Waals surface area contributed by atoms with E-state index in [-0.39, 0.29) is 12.1 Å². The topological polar surface area (TPSA) is 91.7 Å². The summed E-state index contributed by atoms with van der Waals surface area (Å²) in [6.07, 6.45) is 6.05. The Kier molecular flexibility index (Phi) is 2.83. The van der Waals surface area contributed by atoms with E-state index in [1.165, 1.54) is 19.2 Å². The highest BCUT2D eigenvalue weighted by Gasteiger charge is 2.29. The molecule has 0 bridgehead atoms. The predicted octanol–water partition coefficient (Wildman–Crippen LogP) is 0.934. The van der Waals surface area contributed by atoms with E-state index in [1.807, 2.05) is 4.68 Å². The average Bonchev–Trinajstić information content (AvgIpc) is 2.84. The summed E-state index contributed by atoms with van der Waals surface area (Å²) in [4.78, 5) is 8.16. The zero-order valence-electron chi connectivity index (χ0n) is 10.3. The van der Waals surface area contributed by atoms with Gasteiger partial charge in [0.1, 0.15) is 6.33 Å². The van der Waals surface area contributed by atoms with Crippen LogP contribution in [0, 0.1) is 0 Å². The van der Waals surface area contributed by atoms with Crippen molar-refractivity contribution >= 4 is 17.0 Å². The van der Waals surface area contributed by atoms with Crippen LogP contribution >= 0.6 is 0 Å². The van der Waals surface area contributed by atoms with Crippen molar-refractivity contribution in [3.8, 4) is 0 Å². The summed E-state index contributed by atoms with van der Waals surface area (Å²) >= 11 is 0. The number of anilines is 1. The SMILES string of the molecule is CO[C@H]1CCCC[C@H]1n1nnc2c(N)ncnc21. The largest absolute Gasteiger partial charge is 0.382 e. The first-order valence-electron chi connectivity index (χ1n) is 6.15. The van der Waals surface area contributed by atoms with E-state index in [0.717, 1.165) is 12.8 Å². The fourth-order valence-corrected chi connectivity index (χ4v) is 2.64. The zero-order chi connectivity index (χ0) is 12.5. The van der Waals surface area contributed by atoms with Gasteiger partial charge in [-0.15, -0.1) is 5.10 Å². The second-order valence-electron chi connectivity index (χ2n) is 4.59. The Bertz CT molecular complexity index is 553. The first-order valence-corrected chi connectivity index (χ1v) is 6.15. The number of rotatable bonds is 2. The van der Waals surface area contributed by atoms with E-state index in [4.69, 9.17) is 10.5 Å². The Balaban J connectivity index is 2.05. The fourth-order valence-electron chi connectivity index (χ4n) is 2.64. The van der Waals surface area contributed by atoms with E-state index in [2.05, 4.69) is 20.3 Å². The van der Waals surface area contributed by atoms with E-state index in [1.54, 1.807) is 7.11 Å². The smallest absolute Gasteiger partial charge is 0.184 e. The van der Waals surface area contributed by atoms with Crippen molar-refractivity contribution in [1.29, 1.82) is 0 Å². The molecule has 2 aromatic heterocycles. The standard InChI is InChI=1S/C11H16N6O/c1-18-8-5-3-2-4-7(8)17-11-9(15-16-17)10(12)13-6-14-11/h6-8H,2-5H2,1H3,(H2,12,13,14)/t7-,8+/m1/s1. The summed E-state index contributed by atoms with van der Waals surface area (Å²) in [6.45, 7) is 0. The molecule has 0 unspecified atom stereocenters. The first-order chi connectivity index (χ1) is 8.81. The number of methoxy groups -OCH3 is 1. The highest BCUT2D eigenvalue weighted by atomic mass is 16.5. The normalized spacial score (nSPS) is 24.5. The first kappa shape index (κ1) is 11.3. The molecule has 7 heteroatoms. The molecule has 1 fully saturated rings. The highest BCUT2D eigenvalue weighted by molar-refractivity contribution is 5.80. The molecule has 1 aliphatic carbocycles. The van der Waals surface area contributed by atoms with Crippen LogP contribution in [0.15, 0.2) is 6.33 Å². The Morgan fingerprint density at radius 2 is 2.17 bits per heavy atom. The van der Waals surface area contributed by atoms with Gasteiger partial charge in [0.2, 0.25) is 0 Å². The molecule has 0 saturated heterocycles. The van der Waals surface area contributed by atoms with E-state index >= 15 is 0 Å². The molecule has 2 heterocycles. The van der Waals surface area contributed by atoms with Crippen LogP contribution in [0.2, 0.25) is 0 Å². The molecule has 2 N–H and O–H groups in total. The van der Waals surface area contributed by atoms with Crippen LogP contribution in [-0.4, -0.2) is 38.2 Å². The molecule has 0 amide bonds. The van der Waals surface area contributed by atoms with Crippen molar-refractivity contribution in [2.45, 2.75) is 37.8 Å². The molecule has 1 saturated carbocycles. The lowest BCUT2D eigenvalue weighted by atomic mass is 9.92. The lowest BCUT2D eigenvalue weighted by Gasteiger charge is -2.30. The van der Waals surface area contributed by atoms with Crippen LogP contribution in [0.4, 0.5) is 5.82 Å². The number of fused-ring (bicyclic) bond motifs is 1. The summed E-state index contributed by atoms with van der Waals surface area (Å²) < 4.78 is 7.38. The minimum absolute atomic E-state index is 0.167. The molecular weight excluding hydrogens is 232 g/mol. The summed E-state index contributed by atoms with van der Waals surface area (Å²) in [5.41, 5.74) is 7.03. The van der Waals surface area contributed by atoms with Gasteiger partial charge < -0.3 is 10.5 Å². The quantitative estimate of drug-likeness (QED) is 0.850. The van der Waals surface area contributed by atoms with Crippen molar-refractivity contribution in [1.82, 2.24) is 25.0 Å². The summed E-state index contributed by atoms with van der Waals surface area (Å²) in [5, 5.41) is 8.25. The minimum Gasteiger partial charge on any atom is -0.382 e. The average molecular weight is 248 g/mol. The van der Waals surface area contributed by atoms with Crippen LogP contribution in [0.3, 0.4) is 0 Å². The number of aromatic nitrogens is 5. The van der Waals surface area contributed by atoms with Crippen LogP contribution in [0.25, 0.3) is 11.2 Å². The molecule has 0 aromatic carbocycles. The van der Waals surface area contributed by atoms with Gasteiger partial charge in [0.05, 0.1) is 12.1 Å². The molecule has 18 heavy (non-hydrogen) atoms. The summed E-state index contributed by atoms with van der Waals surface area (Å²) in [5.74, 6) is 0.371. The maximum atomic E-state index is 5.77. The third kappa shape index (κ3) is 1.71. The van der Waals surface area contributed by atoms with Crippen LogP contribution in [0.1, 0.15) is 31.7 Å². The Labute approximate surface area is 104 Å². The van der Waals surface area contributed by atoms with Gasteiger partial charge in [-0.2, -0.15) is 0 Å². The van der Waals surface area contributed by atoms with Crippen molar-refractivity contribution in [3.63, 3.8) is 0 Å². The van der Waals surface area contributed by atoms with Crippen LogP contribution < -0.4 is 5.73 Å². The number of ether oxygens (including phenoxy) is 1. The molecule has 3 rings (SSSR count). The highest BCUT2D eigenvalue weighted by Crippen LogP contribution is 2.31. The van der Waals surface area contributed by atoms with Crippen LogP contribution in [-0.2, 0) is 4.74 Å². The second-order valence-corrected chi connectivity index (χ2v) is 4.59. The van der Waals surface area contributed by atoms with Gasteiger partial charge >= 0.3 is 0 Å². The van der Waals surface area contributed by atoms with Gasteiger partial charge in [0, 0.05) is 7.11 Å². The maximum Gasteiger partial charge on any atom is 0.184 e. The number of nitrogens with two attached hydrogens (primary N) is 1. The lowest BCUT2D eigenvalue weighted by molar-refractivity contribution is 0.0253. The molecular formula is C11H16N6O. The zero-order valence-corrected chi connectivity index (χ0v) is 10.3. The van der Waals surface area contributed by atoms with Crippen molar-refractivity contribution in [2.75, 3.05) is 12.8 Å². The van der Waals surface area contributed by atoms with Crippen molar-refractivity contribution < 1.29 is 4.74 Å². The van der Waals surface area contributed by atoms with Gasteiger partial charge in [-0.05, 0) is 12.8 Å². The number of hydrogen-bond donors (Lipinski definition) is 1. The monoisotopic (exact) mass is 248 g/mol. The van der Waals surface area contributed by atoms with Crippen LogP contribution in [0.5, 0.6) is 0 Å². The van der Waals surface area contributed by atoms with E-state index < -0.39 is 0 Å². The van der Waals surface area contributed by atoms with Gasteiger partial charge in [-0.3, -0.25) is 0 Å². The van der Waals surface area contributed by atoms with Gasteiger partial charge in [0.25, 0.3) is 0 Å². The molecule has 2 atom stereocenters. The van der Waals surface area contributed by atoms with E-state index in [9.17, 15) is 0 Å². The predicted molar refractivity (Wildman–Crippen MR) is 65.8 cm³/mol. The van der Waals surface area contributed by atoms with Gasteiger partial charge in [-0.1, -0.05) is 18.1 Å². The lowest BCUT2D eigenvalue weighted by Crippen LogP contribution is -2.30. The second kappa shape index (κ2) is 4.49. The van der Waals surface area contributed by atoms with Gasteiger partial charge in [0.15, 0.2) is 17.0 Å². The number of nitrogens with zero attached hydrogens (tertiary/aromatic N) is 5. The fraction of sp³-hybridized carbons (Fsp3) is 0.636. The van der Waals surface area contributed by atoms with Crippen molar-refractivity contribution in [3.05, 3.63) is 6.33 Å². The molecule has 0 spiro atoms. The van der Waals surface area contributed by atoms with Crippen molar-refractivity contribution in [2.24, 2.45) is 0 Å². The molecule has 96 valence electrons. The molecule has 2 aromatic rings. The summed E-state index contributed by atoms with van der Waals surface area (Å²) in [7, 11) is 1.74. The maximum absolute atomic E-state index is 5.77. The Morgan fingerprint density at radius 1 is 1.33 bits per heavy atom. The molecule has 0 aliphatic heterocycles. The third-order valence-electron chi connectivity index (χ3n) is 3.57. The number of hydrogen-bond acceptors (Lipinski definition) is 6. The summed E-state index contributed by atoms with van der Waals surface area (Å²) in [6, 6.07) is 0.183. The third-order valence-corrected chi connectivity index (χ3v) is 3.57. The Morgan fingerprint density at radius 3 is 3.00 bits per heavy atom. The molecule has 0 radical (unpaired) electrons. The van der Waals surface area contributed by atoms with E-state index in [0.29, 0.717) is 17.0 Å². The molecule has 7 nitrogen and oxygen atoms in total. The Hall–Kier alpha value is -1.76. The minimum atomic E-state index is 0.167. The molecule has 1 aliphatic rings. The number of nitrogen functional groups attached to an aromatic ring is 1.